The van der Waals surface area contributed by atoms with Crippen LogP contribution in [0.1, 0.15) is 31.2 Å². The average molecular weight is 237 g/mol. The number of rotatable bonds is 6. The summed E-state index contributed by atoms with van der Waals surface area (Å²) in [6, 6.07) is 4.76. The Morgan fingerprint density at radius 2 is 2.18 bits per heavy atom. The van der Waals surface area contributed by atoms with Gasteiger partial charge in [0, 0.05) is 0 Å². The van der Waals surface area contributed by atoms with E-state index in [1.165, 1.54) is 25.3 Å². The Labute approximate surface area is 102 Å². The van der Waals surface area contributed by atoms with Crippen molar-refractivity contribution in [3.05, 3.63) is 29.6 Å². The third-order valence-electron chi connectivity index (χ3n) is 3.37. The zero-order valence-corrected chi connectivity index (χ0v) is 10.1. The number of nitrogens with two attached hydrogens (primary N) is 1. The van der Waals surface area contributed by atoms with Gasteiger partial charge in [0.15, 0.2) is 0 Å². The number of hydrogen-bond acceptors (Lipinski definition) is 2. The standard InChI is InChI=1S/C14H20FNO/c15-13-6-7-14(12(9-13)5-2-8-16)17-10-11-3-1-4-11/h6-7,9,11H,1-5,8,10,16H2. The Bertz CT molecular complexity index is 363. The van der Waals surface area contributed by atoms with Gasteiger partial charge in [-0.1, -0.05) is 6.42 Å². The summed E-state index contributed by atoms with van der Waals surface area (Å²) in [5.41, 5.74) is 6.42. The van der Waals surface area contributed by atoms with E-state index in [1.54, 1.807) is 12.1 Å². The quantitative estimate of drug-likeness (QED) is 0.825. The van der Waals surface area contributed by atoms with Gasteiger partial charge in [-0.2, -0.15) is 0 Å². The predicted molar refractivity (Wildman–Crippen MR) is 66.6 cm³/mol. The molecular weight excluding hydrogens is 217 g/mol. The molecule has 0 heterocycles. The van der Waals surface area contributed by atoms with Gasteiger partial charge in [-0.25, -0.2) is 4.39 Å². The van der Waals surface area contributed by atoms with Crippen LogP contribution in [-0.2, 0) is 6.42 Å². The van der Waals surface area contributed by atoms with Crippen molar-refractivity contribution in [2.24, 2.45) is 11.7 Å². The molecule has 2 rings (SSSR count). The zero-order chi connectivity index (χ0) is 12.1. The fourth-order valence-corrected chi connectivity index (χ4v) is 2.04. The second-order valence-electron chi connectivity index (χ2n) is 4.75. The molecule has 0 aliphatic heterocycles. The molecule has 1 aliphatic carbocycles. The maximum absolute atomic E-state index is 13.2. The molecular formula is C14H20FNO. The monoisotopic (exact) mass is 237 g/mol. The van der Waals surface area contributed by atoms with E-state index in [4.69, 9.17) is 10.5 Å². The van der Waals surface area contributed by atoms with E-state index < -0.39 is 0 Å². The molecule has 1 aliphatic rings. The lowest BCUT2D eigenvalue weighted by molar-refractivity contribution is 0.179. The zero-order valence-electron chi connectivity index (χ0n) is 10.1. The van der Waals surface area contributed by atoms with Gasteiger partial charge in [-0.15, -0.1) is 0 Å². The minimum atomic E-state index is -0.201. The summed E-state index contributed by atoms with van der Waals surface area (Å²) >= 11 is 0. The second kappa shape index (κ2) is 6.01. The van der Waals surface area contributed by atoms with Crippen LogP contribution in [0.15, 0.2) is 18.2 Å². The van der Waals surface area contributed by atoms with Crippen LogP contribution in [0.3, 0.4) is 0 Å². The molecule has 0 radical (unpaired) electrons. The Kier molecular flexibility index (Phi) is 4.37. The lowest BCUT2D eigenvalue weighted by Gasteiger charge is -2.25. The minimum Gasteiger partial charge on any atom is -0.493 e. The molecule has 1 aromatic rings. The summed E-state index contributed by atoms with van der Waals surface area (Å²) < 4.78 is 18.9. The number of ether oxygens (including phenoxy) is 1. The molecule has 0 spiro atoms. The summed E-state index contributed by atoms with van der Waals surface area (Å²) in [4.78, 5) is 0. The van der Waals surface area contributed by atoms with Gasteiger partial charge in [0.1, 0.15) is 11.6 Å². The van der Waals surface area contributed by atoms with Crippen LogP contribution >= 0.6 is 0 Å². The molecule has 0 aromatic heterocycles. The van der Waals surface area contributed by atoms with Crippen LogP contribution in [0.5, 0.6) is 5.75 Å². The minimum absolute atomic E-state index is 0.201. The molecule has 3 heteroatoms. The highest BCUT2D eigenvalue weighted by molar-refractivity contribution is 5.34. The Hall–Kier alpha value is -1.09. The Morgan fingerprint density at radius 3 is 2.82 bits per heavy atom. The smallest absolute Gasteiger partial charge is 0.123 e. The van der Waals surface area contributed by atoms with Crippen LogP contribution in [0.2, 0.25) is 0 Å². The normalized spacial score (nSPS) is 15.6. The summed E-state index contributed by atoms with van der Waals surface area (Å²) in [5, 5.41) is 0. The fraction of sp³-hybridized carbons (Fsp3) is 0.571. The van der Waals surface area contributed by atoms with E-state index >= 15 is 0 Å². The Balaban J connectivity index is 1.97. The molecule has 0 saturated heterocycles. The first-order valence-electron chi connectivity index (χ1n) is 6.41. The molecule has 94 valence electrons. The molecule has 0 unspecified atom stereocenters. The van der Waals surface area contributed by atoms with Crippen molar-refractivity contribution in [1.82, 2.24) is 0 Å². The first-order chi connectivity index (χ1) is 8.29. The summed E-state index contributed by atoms with van der Waals surface area (Å²) in [7, 11) is 0. The van der Waals surface area contributed by atoms with Gasteiger partial charge >= 0.3 is 0 Å². The van der Waals surface area contributed by atoms with E-state index in [0.29, 0.717) is 12.5 Å². The van der Waals surface area contributed by atoms with Crippen molar-refractivity contribution in [3.63, 3.8) is 0 Å². The molecule has 1 aromatic carbocycles. The summed E-state index contributed by atoms with van der Waals surface area (Å²) in [6.45, 7) is 1.39. The van der Waals surface area contributed by atoms with Crippen LogP contribution in [0, 0.1) is 11.7 Å². The largest absolute Gasteiger partial charge is 0.493 e. The lowest BCUT2D eigenvalue weighted by Crippen LogP contribution is -2.19. The maximum atomic E-state index is 13.2. The van der Waals surface area contributed by atoms with E-state index in [1.807, 2.05) is 0 Å². The highest BCUT2D eigenvalue weighted by Crippen LogP contribution is 2.28. The van der Waals surface area contributed by atoms with Crippen molar-refractivity contribution < 1.29 is 9.13 Å². The molecule has 17 heavy (non-hydrogen) atoms. The van der Waals surface area contributed by atoms with Gasteiger partial charge in [0.05, 0.1) is 6.61 Å². The average Bonchev–Trinajstić information content (AvgIpc) is 2.26. The highest BCUT2D eigenvalue weighted by atomic mass is 19.1. The predicted octanol–water partition coefficient (Wildman–Crippen LogP) is 2.90. The maximum Gasteiger partial charge on any atom is 0.123 e. The Morgan fingerprint density at radius 1 is 1.35 bits per heavy atom. The van der Waals surface area contributed by atoms with Gasteiger partial charge in [0.2, 0.25) is 0 Å². The number of hydrogen-bond donors (Lipinski definition) is 1. The lowest BCUT2D eigenvalue weighted by atomic mass is 9.86. The van der Waals surface area contributed by atoms with Gasteiger partial charge < -0.3 is 10.5 Å². The molecule has 2 N–H and O–H groups in total. The third-order valence-corrected chi connectivity index (χ3v) is 3.37. The van der Waals surface area contributed by atoms with Crippen molar-refractivity contribution in [1.29, 1.82) is 0 Å². The number of benzene rings is 1. The van der Waals surface area contributed by atoms with E-state index in [9.17, 15) is 4.39 Å². The SMILES string of the molecule is NCCCc1cc(F)ccc1OCC1CCC1. The second-order valence-corrected chi connectivity index (χ2v) is 4.75. The van der Waals surface area contributed by atoms with Crippen LogP contribution in [0.4, 0.5) is 4.39 Å². The molecule has 0 bridgehead atoms. The van der Waals surface area contributed by atoms with Gasteiger partial charge in [-0.05, 0) is 61.9 Å². The highest BCUT2D eigenvalue weighted by Gasteiger charge is 2.18. The van der Waals surface area contributed by atoms with E-state index in [-0.39, 0.29) is 5.82 Å². The first kappa shape index (κ1) is 12.4. The third kappa shape index (κ3) is 3.43. The number of aryl methyl sites for hydroxylation is 1. The fourth-order valence-electron chi connectivity index (χ4n) is 2.04. The molecule has 0 amide bonds. The first-order valence-corrected chi connectivity index (χ1v) is 6.41. The van der Waals surface area contributed by atoms with Gasteiger partial charge in [0.25, 0.3) is 0 Å². The van der Waals surface area contributed by atoms with Gasteiger partial charge in [-0.3, -0.25) is 0 Å². The molecule has 0 atom stereocenters. The molecule has 2 nitrogen and oxygen atoms in total. The van der Waals surface area contributed by atoms with Crippen LogP contribution in [0.25, 0.3) is 0 Å². The van der Waals surface area contributed by atoms with E-state index in [2.05, 4.69) is 0 Å². The molecule has 1 fully saturated rings. The van der Waals surface area contributed by atoms with E-state index in [0.717, 1.165) is 30.8 Å². The van der Waals surface area contributed by atoms with Crippen LogP contribution < -0.4 is 10.5 Å². The van der Waals surface area contributed by atoms with Crippen molar-refractivity contribution in [2.75, 3.05) is 13.2 Å². The van der Waals surface area contributed by atoms with Crippen molar-refractivity contribution >= 4 is 0 Å². The summed E-state index contributed by atoms with van der Waals surface area (Å²) in [6.07, 6.45) is 5.49. The topological polar surface area (TPSA) is 35.2 Å². The summed E-state index contributed by atoms with van der Waals surface area (Å²) in [5.74, 6) is 1.32. The number of halogens is 1. The van der Waals surface area contributed by atoms with Crippen LogP contribution in [-0.4, -0.2) is 13.2 Å². The molecule has 1 saturated carbocycles. The van der Waals surface area contributed by atoms with Crippen molar-refractivity contribution in [2.45, 2.75) is 32.1 Å². The van der Waals surface area contributed by atoms with Crippen molar-refractivity contribution in [3.8, 4) is 5.75 Å².